The van der Waals surface area contributed by atoms with E-state index in [0.29, 0.717) is 11.6 Å². The van der Waals surface area contributed by atoms with Crippen molar-refractivity contribution in [3.63, 3.8) is 0 Å². The summed E-state index contributed by atoms with van der Waals surface area (Å²) in [4.78, 5) is 0. The van der Waals surface area contributed by atoms with Crippen LogP contribution in [-0.2, 0) is 0 Å². The Morgan fingerprint density at radius 3 is 2.82 bits per heavy atom. The fourth-order valence-corrected chi connectivity index (χ4v) is 1.35. The summed E-state index contributed by atoms with van der Waals surface area (Å²) in [5, 5.41) is 12.5. The maximum atomic E-state index is 8.66. The topological polar surface area (TPSA) is 50.2 Å². The van der Waals surface area contributed by atoms with Crippen LogP contribution >= 0.6 is 0 Å². The van der Waals surface area contributed by atoms with E-state index in [-0.39, 0.29) is 0 Å². The van der Waals surface area contributed by atoms with Gasteiger partial charge < -0.3 is 0 Å². The van der Waals surface area contributed by atoms with Gasteiger partial charge in [-0.05, 0) is 25.7 Å². The van der Waals surface area contributed by atoms with Gasteiger partial charge in [-0.3, -0.25) is 0 Å². The van der Waals surface area contributed by atoms with E-state index in [4.69, 9.17) is 5.26 Å². The molecule has 55 valence electrons. The molecular formula is C8H8N3. The Morgan fingerprint density at radius 2 is 2.27 bits per heavy atom. The summed E-state index contributed by atoms with van der Waals surface area (Å²) in [5.74, 6) is 0.583. The smallest absolute Gasteiger partial charge is 0.168 e. The van der Waals surface area contributed by atoms with Crippen LogP contribution in [0.25, 0.3) is 0 Å². The summed E-state index contributed by atoms with van der Waals surface area (Å²) in [6.07, 6.45) is 2.39. The van der Waals surface area contributed by atoms with Crippen LogP contribution in [0.3, 0.4) is 0 Å². The maximum absolute atomic E-state index is 8.66. The normalized spacial score (nSPS) is 22.7. The fraction of sp³-hybridized carbons (Fsp3) is 0.500. The van der Waals surface area contributed by atoms with Crippen LogP contribution in [-0.4, -0.2) is 5.71 Å². The molecule has 0 saturated heterocycles. The predicted molar refractivity (Wildman–Crippen MR) is 40.6 cm³/mol. The number of allylic oxidation sites excluding steroid dienone is 2. The van der Waals surface area contributed by atoms with Crippen molar-refractivity contribution in [2.75, 3.05) is 0 Å². The number of hydrogen-bond acceptors (Lipinski definition) is 2. The van der Waals surface area contributed by atoms with Crippen LogP contribution in [0.5, 0.6) is 0 Å². The van der Waals surface area contributed by atoms with Gasteiger partial charge in [0.25, 0.3) is 0 Å². The van der Waals surface area contributed by atoms with Crippen molar-refractivity contribution in [2.45, 2.75) is 19.8 Å². The standard InChI is InChI=1S/C8H8N3/c1-5-8(6-2-3-6)7(4-9)11-10-5/h6H,2-3H2,1H3. The molecule has 0 unspecified atom stereocenters. The zero-order valence-corrected chi connectivity index (χ0v) is 6.33. The molecule has 11 heavy (non-hydrogen) atoms. The van der Waals surface area contributed by atoms with Crippen molar-refractivity contribution in [1.29, 1.82) is 5.26 Å². The highest BCUT2D eigenvalue weighted by molar-refractivity contribution is 6.01. The minimum Gasteiger partial charge on any atom is -0.191 e. The van der Waals surface area contributed by atoms with Crippen molar-refractivity contribution in [3.05, 3.63) is 11.3 Å². The van der Waals surface area contributed by atoms with Crippen LogP contribution in [0.15, 0.2) is 16.4 Å². The number of rotatable bonds is 1. The van der Waals surface area contributed by atoms with E-state index in [1.165, 1.54) is 12.8 Å². The lowest BCUT2D eigenvalue weighted by molar-refractivity contribution is 0.913. The minimum atomic E-state index is 0.532. The van der Waals surface area contributed by atoms with Crippen LogP contribution in [0.4, 0.5) is 0 Å². The monoisotopic (exact) mass is 146 g/mol. The second kappa shape index (κ2) is 2.09. The van der Waals surface area contributed by atoms with Crippen LogP contribution in [0.2, 0.25) is 0 Å². The van der Waals surface area contributed by atoms with Crippen LogP contribution in [0.1, 0.15) is 19.8 Å². The quantitative estimate of drug-likeness (QED) is 0.547. The molecule has 0 N–H and O–H groups in total. The third kappa shape index (κ3) is 0.911. The summed E-state index contributed by atoms with van der Waals surface area (Å²) in [6.45, 7) is 1.92. The Hall–Kier alpha value is -1.30. The van der Waals surface area contributed by atoms with Gasteiger partial charge in [-0.25, -0.2) is 0 Å². The van der Waals surface area contributed by atoms with E-state index in [1.54, 1.807) is 0 Å². The molecule has 3 heteroatoms. The summed E-state index contributed by atoms with van der Waals surface area (Å²) >= 11 is 0. The van der Waals surface area contributed by atoms with Gasteiger partial charge in [0.1, 0.15) is 6.07 Å². The van der Waals surface area contributed by atoms with E-state index in [2.05, 4.69) is 16.6 Å². The zero-order chi connectivity index (χ0) is 7.84. The van der Waals surface area contributed by atoms with Gasteiger partial charge in [-0.2, -0.15) is 10.4 Å². The highest BCUT2D eigenvalue weighted by Gasteiger charge is 2.33. The summed E-state index contributed by atoms with van der Waals surface area (Å²) in [6, 6.07) is 2.06. The molecule has 3 nitrogen and oxygen atoms in total. The first kappa shape index (κ1) is 6.41. The summed E-state index contributed by atoms with van der Waals surface area (Å²) in [5.41, 5.74) is 6.34. The first-order valence-electron chi connectivity index (χ1n) is 3.73. The van der Waals surface area contributed by atoms with E-state index >= 15 is 0 Å². The minimum absolute atomic E-state index is 0.532. The van der Waals surface area contributed by atoms with Crippen molar-refractivity contribution in [2.24, 2.45) is 11.0 Å². The van der Waals surface area contributed by atoms with Gasteiger partial charge in [-0.1, -0.05) is 0 Å². The molecule has 0 spiro atoms. The zero-order valence-electron chi connectivity index (χ0n) is 6.33. The molecule has 1 aliphatic carbocycles. The number of nitriles is 1. The first-order valence-corrected chi connectivity index (χ1v) is 3.73. The molecule has 0 aromatic rings. The molecule has 1 heterocycles. The first-order chi connectivity index (χ1) is 5.33. The number of nitrogens with zero attached hydrogens (tertiary/aromatic N) is 3. The van der Waals surface area contributed by atoms with Crippen molar-refractivity contribution >= 4 is 5.71 Å². The predicted octanol–water partition coefficient (Wildman–Crippen LogP) is 1.17. The van der Waals surface area contributed by atoms with Gasteiger partial charge in [0, 0.05) is 5.57 Å². The molecule has 0 aromatic carbocycles. The molecule has 0 amide bonds. The van der Waals surface area contributed by atoms with E-state index < -0.39 is 0 Å². The van der Waals surface area contributed by atoms with Gasteiger partial charge >= 0.3 is 0 Å². The van der Waals surface area contributed by atoms with Gasteiger partial charge in [0.2, 0.25) is 0 Å². The largest absolute Gasteiger partial charge is 0.191 e. The van der Waals surface area contributed by atoms with Gasteiger partial charge in [0.15, 0.2) is 5.70 Å². The lowest BCUT2D eigenvalue weighted by Gasteiger charge is -1.95. The highest BCUT2D eigenvalue weighted by Crippen LogP contribution is 2.39. The van der Waals surface area contributed by atoms with E-state index in [9.17, 15) is 0 Å². The van der Waals surface area contributed by atoms with Crippen molar-refractivity contribution in [3.8, 4) is 6.07 Å². The molecule has 1 radical (unpaired) electrons. The second-order valence-corrected chi connectivity index (χ2v) is 2.93. The Labute approximate surface area is 65.4 Å². The maximum Gasteiger partial charge on any atom is 0.168 e. The highest BCUT2D eigenvalue weighted by atomic mass is 15.3. The Balaban J connectivity index is 2.35. The molecule has 1 saturated carbocycles. The third-order valence-corrected chi connectivity index (χ3v) is 2.04. The molecule has 2 aliphatic rings. The summed E-state index contributed by atoms with van der Waals surface area (Å²) < 4.78 is 0. The molecule has 0 atom stereocenters. The van der Waals surface area contributed by atoms with Crippen molar-refractivity contribution < 1.29 is 0 Å². The second-order valence-electron chi connectivity index (χ2n) is 2.93. The SMILES string of the molecule is CC1=N[N]C(C#N)=C1C1CC1. The molecule has 0 aromatic heterocycles. The Morgan fingerprint density at radius 1 is 1.55 bits per heavy atom. The average molecular weight is 146 g/mol. The van der Waals surface area contributed by atoms with Gasteiger partial charge in [-0.15, -0.1) is 5.43 Å². The van der Waals surface area contributed by atoms with Crippen LogP contribution < -0.4 is 5.43 Å². The third-order valence-electron chi connectivity index (χ3n) is 2.04. The lowest BCUT2D eigenvalue weighted by atomic mass is 10.1. The molecular weight excluding hydrogens is 138 g/mol. The van der Waals surface area contributed by atoms with Crippen LogP contribution in [0, 0.1) is 17.2 Å². The molecule has 1 fully saturated rings. The Bertz CT molecular complexity index is 289. The van der Waals surface area contributed by atoms with E-state index in [1.807, 2.05) is 6.92 Å². The fourth-order valence-electron chi connectivity index (χ4n) is 1.35. The molecule has 2 rings (SSSR count). The van der Waals surface area contributed by atoms with Gasteiger partial charge in [0.05, 0.1) is 5.71 Å². The number of hydrogen-bond donors (Lipinski definition) is 0. The average Bonchev–Trinajstić information content (AvgIpc) is 2.76. The molecule has 1 aliphatic heterocycles. The lowest BCUT2D eigenvalue weighted by Crippen LogP contribution is -1.97. The summed E-state index contributed by atoms with van der Waals surface area (Å²) in [7, 11) is 0. The van der Waals surface area contributed by atoms with Crippen molar-refractivity contribution in [1.82, 2.24) is 5.43 Å². The molecule has 0 bridgehead atoms. The van der Waals surface area contributed by atoms with E-state index in [0.717, 1.165) is 11.3 Å². The Kier molecular flexibility index (Phi) is 1.22.